The van der Waals surface area contributed by atoms with Crippen LogP contribution in [0.15, 0.2) is 11.6 Å². The number of hydrogen-bond donors (Lipinski definition) is 10. The number of aliphatic hydroxyl groups excluding tert-OH is 9. The molecular weight excluding hydrogens is 897 g/mol. The normalized spacial score (nSPS) is 53.4. The van der Waals surface area contributed by atoms with Gasteiger partial charge in [-0.2, -0.15) is 0 Å². The molecule has 5 aliphatic carbocycles. The van der Waals surface area contributed by atoms with Gasteiger partial charge in [0.1, 0.15) is 72.7 Å². The second kappa shape index (κ2) is 18.4. The number of carbonyl (C=O) groups is 3. The number of carbonyl (C=O) groups excluding carboxylic acids is 2. The highest BCUT2D eigenvalue weighted by Gasteiger charge is 2.72. The molecule has 3 aliphatic heterocycles. The quantitative estimate of drug-likeness (QED) is 0.0580. The third-order valence-corrected chi connectivity index (χ3v) is 19.1. The number of esters is 1. The van der Waals surface area contributed by atoms with Gasteiger partial charge in [-0.3, -0.25) is 4.79 Å². The molecule has 0 aromatic heterocycles. The van der Waals surface area contributed by atoms with Crippen LogP contribution in [0.3, 0.4) is 0 Å². The Balaban J connectivity index is 1.13. The summed E-state index contributed by atoms with van der Waals surface area (Å²) in [6.07, 6.45) is -19.5. The van der Waals surface area contributed by atoms with Crippen molar-refractivity contribution in [2.45, 2.75) is 198 Å². The van der Waals surface area contributed by atoms with E-state index in [0.29, 0.717) is 51.4 Å². The van der Waals surface area contributed by atoms with Gasteiger partial charge < -0.3 is 89.0 Å². The molecule has 24 atom stereocenters. The molecule has 7 fully saturated rings. The zero-order chi connectivity index (χ0) is 49.8. The number of allylic oxidation sites excluding steroid dienone is 2. The van der Waals surface area contributed by atoms with Gasteiger partial charge in [0.15, 0.2) is 25.0 Å². The van der Waals surface area contributed by atoms with Crippen LogP contribution >= 0.6 is 0 Å². The highest BCUT2D eigenvalue weighted by atomic mass is 16.8. The fraction of sp³-hybridized carbons (Fsp3) is 0.896. The van der Waals surface area contributed by atoms with Gasteiger partial charge in [0.25, 0.3) is 0 Å². The molecule has 20 heteroatoms. The number of methoxy groups -OCH3 is 1. The van der Waals surface area contributed by atoms with Crippen molar-refractivity contribution in [1.29, 1.82) is 0 Å². The van der Waals surface area contributed by atoms with Gasteiger partial charge in [0.2, 0.25) is 0 Å². The van der Waals surface area contributed by atoms with Crippen molar-refractivity contribution in [3.8, 4) is 0 Å². The first-order valence-electron chi connectivity index (χ1n) is 24.2. The third kappa shape index (κ3) is 7.86. The van der Waals surface area contributed by atoms with Gasteiger partial charge in [-0.15, -0.1) is 0 Å². The molecule has 0 spiro atoms. The lowest BCUT2D eigenvalue weighted by atomic mass is 9.33. The lowest BCUT2D eigenvalue weighted by Crippen LogP contribution is -2.69. The summed E-state index contributed by atoms with van der Waals surface area (Å²) in [5.41, 5.74) is -3.00. The van der Waals surface area contributed by atoms with Crippen molar-refractivity contribution < 1.29 is 98.6 Å². The third-order valence-electron chi connectivity index (χ3n) is 19.1. The van der Waals surface area contributed by atoms with Crippen LogP contribution in [0.4, 0.5) is 0 Å². The van der Waals surface area contributed by atoms with Gasteiger partial charge in [-0.05, 0) is 97.2 Å². The molecule has 10 N–H and O–H groups in total. The van der Waals surface area contributed by atoms with Gasteiger partial charge in [-0.1, -0.05) is 53.2 Å². The smallest absolute Gasteiger partial charge is 0.337 e. The molecule has 8 aliphatic rings. The van der Waals surface area contributed by atoms with Crippen LogP contribution < -0.4 is 0 Å². The maximum absolute atomic E-state index is 13.9. The number of aliphatic carboxylic acids is 1. The predicted octanol–water partition coefficient (Wildman–Crippen LogP) is -0.324. The SMILES string of the molecule is COC(=O)C1OC(OC2CCC3(C)C(CCC4(C)C3CC=C3C5CC(C)(C)CCC5(C(=O)O)C(O)CC34C)C2(C)C=O)C(OC2OC(CO)C(O)C(O)C2O)C(OC2OCC(O)C(O)C2O)C1O. The molecule has 8 rings (SSSR count). The molecule has 3 heterocycles. The minimum atomic E-state index is -2.01. The molecule has 386 valence electrons. The molecule has 20 nitrogen and oxygen atoms in total. The van der Waals surface area contributed by atoms with E-state index in [1.165, 1.54) is 0 Å². The number of hydrogen-bond acceptors (Lipinski definition) is 19. The Morgan fingerprint density at radius 1 is 0.750 bits per heavy atom. The zero-order valence-corrected chi connectivity index (χ0v) is 40.0. The Morgan fingerprint density at radius 2 is 1.43 bits per heavy atom. The molecule has 24 unspecified atom stereocenters. The molecule has 68 heavy (non-hydrogen) atoms. The first-order valence-corrected chi connectivity index (χ1v) is 24.2. The second-order valence-corrected chi connectivity index (χ2v) is 23.0. The van der Waals surface area contributed by atoms with Gasteiger partial charge in [0, 0.05) is 0 Å². The number of ether oxygens (including phenoxy) is 7. The summed E-state index contributed by atoms with van der Waals surface area (Å²) in [7, 11) is 1.05. The summed E-state index contributed by atoms with van der Waals surface area (Å²) in [5, 5.41) is 109. The zero-order valence-electron chi connectivity index (χ0n) is 40.0. The first kappa shape index (κ1) is 52.1. The maximum Gasteiger partial charge on any atom is 0.337 e. The Labute approximate surface area is 395 Å². The average Bonchev–Trinajstić information content (AvgIpc) is 3.28. The maximum atomic E-state index is 13.9. The Bertz CT molecular complexity index is 1930. The van der Waals surface area contributed by atoms with Crippen molar-refractivity contribution in [1.82, 2.24) is 0 Å². The average molecular weight is 971 g/mol. The molecule has 0 aromatic carbocycles. The van der Waals surface area contributed by atoms with Gasteiger partial charge in [-0.25, -0.2) is 4.79 Å². The van der Waals surface area contributed by atoms with Crippen LogP contribution in [0, 0.1) is 50.2 Å². The Morgan fingerprint density at radius 3 is 2.07 bits per heavy atom. The van der Waals surface area contributed by atoms with E-state index in [-0.39, 0.29) is 29.6 Å². The standard InChI is InChI=1S/C48H74O20/c1-43(2)14-15-48(42(60)61)22(16-43)21-8-9-26-44(3)12-11-28(45(4,20-50)25(44)10-13-46(26,5)47(21,6)17-27(48)52)65-41-37(68-40-33(57)31(55)30(54)24(18-49)64-40)35(34(58)36(67-41)38(59)62-7)66-39-32(56)29(53)23(51)19-63-39/h8,20,22-37,39-41,49,51-58H,9-19H2,1-7H3,(H,60,61). The van der Waals surface area contributed by atoms with E-state index in [2.05, 4.69) is 40.7 Å². The predicted molar refractivity (Wildman–Crippen MR) is 231 cm³/mol. The number of aldehydes is 1. The van der Waals surface area contributed by atoms with Crippen molar-refractivity contribution in [3.63, 3.8) is 0 Å². The summed E-state index contributed by atoms with van der Waals surface area (Å²) in [5.74, 6) is -2.71. The minimum Gasteiger partial charge on any atom is -0.481 e. The van der Waals surface area contributed by atoms with Crippen molar-refractivity contribution >= 4 is 18.2 Å². The summed E-state index contributed by atoms with van der Waals surface area (Å²) in [6.45, 7) is 11.5. The molecular formula is C48H74O20. The van der Waals surface area contributed by atoms with E-state index >= 15 is 0 Å². The van der Waals surface area contributed by atoms with E-state index in [9.17, 15) is 65.4 Å². The number of carboxylic acid groups (broad SMARTS) is 1. The lowest BCUT2D eigenvalue weighted by Gasteiger charge is -2.71. The van der Waals surface area contributed by atoms with Crippen molar-refractivity contribution in [2.24, 2.45) is 50.2 Å². The van der Waals surface area contributed by atoms with Crippen molar-refractivity contribution in [2.75, 3.05) is 20.3 Å². The monoisotopic (exact) mass is 970 g/mol. The number of rotatable bonds is 10. The molecule has 0 aromatic rings. The van der Waals surface area contributed by atoms with Crippen LogP contribution in [0.5, 0.6) is 0 Å². The van der Waals surface area contributed by atoms with Crippen LogP contribution in [0.1, 0.15) is 99.3 Å². The topological polar surface area (TPSA) is 318 Å². The fourth-order valence-corrected chi connectivity index (χ4v) is 14.9. The van der Waals surface area contributed by atoms with E-state index in [4.69, 9.17) is 33.2 Å². The van der Waals surface area contributed by atoms with Crippen LogP contribution in [0.25, 0.3) is 0 Å². The molecule has 0 amide bonds. The molecule has 3 saturated heterocycles. The number of carboxylic acids is 1. The van der Waals surface area contributed by atoms with Gasteiger partial charge >= 0.3 is 11.9 Å². The minimum absolute atomic E-state index is 0.00975. The number of fused-ring (bicyclic) bond motifs is 7. The fourth-order valence-electron chi connectivity index (χ4n) is 14.9. The van der Waals surface area contributed by atoms with Crippen LogP contribution in [-0.4, -0.2) is 188 Å². The highest BCUT2D eigenvalue weighted by Crippen LogP contribution is 2.76. The summed E-state index contributed by atoms with van der Waals surface area (Å²) < 4.78 is 41.4. The summed E-state index contributed by atoms with van der Waals surface area (Å²) >= 11 is 0. The van der Waals surface area contributed by atoms with Crippen LogP contribution in [-0.2, 0) is 47.5 Å². The summed E-state index contributed by atoms with van der Waals surface area (Å²) in [6, 6.07) is 0. The van der Waals surface area contributed by atoms with E-state index in [1.54, 1.807) is 6.92 Å². The van der Waals surface area contributed by atoms with E-state index in [0.717, 1.165) is 19.0 Å². The van der Waals surface area contributed by atoms with E-state index in [1.807, 2.05) is 0 Å². The molecule has 4 saturated carbocycles. The largest absolute Gasteiger partial charge is 0.481 e. The van der Waals surface area contributed by atoms with Gasteiger partial charge in [0.05, 0.1) is 37.9 Å². The Kier molecular flexibility index (Phi) is 14.1. The first-order chi connectivity index (χ1) is 31.8. The lowest BCUT2D eigenvalue weighted by molar-refractivity contribution is -0.391. The molecule has 0 radical (unpaired) electrons. The van der Waals surface area contributed by atoms with Crippen molar-refractivity contribution in [3.05, 3.63) is 11.6 Å². The second-order valence-electron chi connectivity index (χ2n) is 23.0. The van der Waals surface area contributed by atoms with E-state index < -0.39 is 150 Å². The summed E-state index contributed by atoms with van der Waals surface area (Å²) in [4.78, 5) is 40.4. The Hall–Kier alpha value is -2.25. The number of aliphatic hydroxyl groups is 9. The highest BCUT2D eigenvalue weighted by molar-refractivity contribution is 5.78. The van der Waals surface area contributed by atoms with Crippen LogP contribution in [0.2, 0.25) is 0 Å². The molecule has 0 bridgehead atoms.